The van der Waals surface area contributed by atoms with E-state index in [1.54, 1.807) is 0 Å². The minimum Gasteiger partial charge on any atom is -0.410 e. The molecule has 0 aliphatic carbocycles. The Bertz CT molecular complexity index is 664. The van der Waals surface area contributed by atoms with Crippen LogP contribution in [0.4, 0.5) is 10.5 Å². The lowest BCUT2D eigenvalue weighted by molar-refractivity contribution is 0.214. The molecule has 0 spiro atoms. The molecule has 23 heavy (non-hydrogen) atoms. The Morgan fingerprint density at radius 3 is 2.61 bits per heavy atom. The van der Waals surface area contributed by atoms with Crippen molar-refractivity contribution in [1.82, 2.24) is 0 Å². The van der Waals surface area contributed by atoms with Gasteiger partial charge in [0.05, 0.1) is 0 Å². The van der Waals surface area contributed by atoms with Gasteiger partial charge >= 0.3 is 6.09 Å². The van der Waals surface area contributed by atoms with Crippen LogP contribution in [0.2, 0.25) is 0 Å². The monoisotopic (exact) mass is 311 g/mol. The molecule has 1 amide bonds. The van der Waals surface area contributed by atoms with Crippen LogP contribution in [0, 0.1) is 13.8 Å². The summed E-state index contributed by atoms with van der Waals surface area (Å²) in [4.78, 5) is 12.2. The number of hydrogen-bond donors (Lipinski definition) is 1. The standard InChI is InChI=1S/C20H25NO2/c1-4-5-6-11-17-12-7-8-14-19(17)23-20(22)21-18-13-9-10-15(2)16(18)3/h7-10,12-14H,4-6,11H2,1-3H3,(H,21,22). The zero-order chi connectivity index (χ0) is 16.7. The molecule has 0 fully saturated rings. The van der Waals surface area contributed by atoms with Gasteiger partial charge in [0, 0.05) is 5.69 Å². The normalized spacial score (nSPS) is 10.4. The minimum atomic E-state index is -0.443. The summed E-state index contributed by atoms with van der Waals surface area (Å²) in [5.41, 5.74) is 4.07. The van der Waals surface area contributed by atoms with E-state index >= 15 is 0 Å². The zero-order valence-electron chi connectivity index (χ0n) is 14.2. The number of ether oxygens (including phenoxy) is 1. The molecule has 0 aliphatic rings. The SMILES string of the molecule is CCCCCc1ccccc1OC(=O)Nc1cccc(C)c1C. The van der Waals surface area contributed by atoms with E-state index in [2.05, 4.69) is 12.2 Å². The number of carbonyl (C=O) groups is 1. The molecule has 0 radical (unpaired) electrons. The molecule has 0 aromatic heterocycles. The molecule has 122 valence electrons. The van der Waals surface area contributed by atoms with Crippen molar-refractivity contribution in [3.8, 4) is 5.75 Å². The van der Waals surface area contributed by atoms with Crippen LogP contribution in [0.15, 0.2) is 42.5 Å². The molecule has 0 saturated carbocycles. The van der Waals surface area contributed by atoms with Gasteiger partial charge in [-0.15, -0.1) is 0 Å². The summed E-state index contributed by atoms with van der Waals surface area (Å²) >= 11 is 0. The van der Waals surface area contributed by atoms with Gasteiger partial charge in [-0.2, -0.15) is 0 Å². The van der Waals surface area contributed by atoms with E-state index in [0.29, 0.717) is 5.75 Å². The molecule has 2 aromatic carbocycles. The lowest BCUT2D eigenvalue weighted by atomic mass is 10.1. The first kappa shape index (κ1) is 17.1. The first-order valence-corrected chi connectivity index (χ1v) is 8.24. The van der Waals surface area contributed by atoms with E-state index in [-0.39, 0.29) is 0 Å². The Kier molecular flexibility index (Phi) is 6.21. The fourth-order valence-corrected chi connectivity index (χ4v) is 2.50. The maximum Gasteiger partial charge on any atom is 0.417 e. The Morgan fingerprint density at radius 1 is 1.04 bits per heavy atom. The molecule has 0 atom stereocenters. The van der Waals surface area contributed by atoms with Crippen molar-refractivity contribution in [2.45, 2.75) is 46.5 Å². The summed E-state index contributed by atoms with van der Waals surface area (Å²) in [5, 5.41) is 2.83. The largest absolute Gasteiger partial charge is 0.417 e. The Labute approximate surface area is 138 Å². The highest BCUT2D eigenvalue weighted by atomic mass is 16.6. The molecule has 0 aliphatic heterocycles. The molecular weight excluding hydrogens is 286 g/mol. The second-order valence-electron chi connectivity index (χ2n) is 5.83. The highest BCUT2D eigenvalue weighted by Crippen LogP contribution is 2.22. The van der Waals surface area contributed by atoms with Gasteiger partial charge in [0.1, 0.15) is 5.75 Å². The molecule has 1 N–H and O–H groups in total. The van der Waals surface area contributed by atoms with Gasteiger partial charge in [0.2, 0.25) is 0 Å². The highest BCUT2D eigenvalue weighted by Gasteiger charge is 2.10. The van der Waals surface area contributed by atoms with Crippen molar-refractivity contribution in [1.29, 1.82) is 0 Å². The number of aryl methyl sites for hydroxylation is 2. The van der Waals surface area contributed by atoms with Crippen LogP contribution < -0.4 is 10.1 Å². The molecule has 0 bridgehead atoms. The third-order valence-corrected chi connectivity index (χ3v) is 4.07. The lowest BCUT2D eigenvalue weighted by Gasteiger charge is -2.13. The molecule has 3 heteroatoms. The van der Waals surface area contributed by atoms with Gasteiger partial charge in [-0.05, 0) is 55.5 Å². The Hall–Kier alpha value is -2.29. The lowest BCUT2D eigenvalue weighted by Crippen LogP contribution is -2.18. The van der Waals surface area contributed by atoms with Crippen LogP contribution in [-0.4, -0.2) is 6.09 Å². The summed E-state index contributed by atoms with van der Waals surface area (Å²) in [6, 6.07) is 13.6. The number of benzene rings is 2. The quantitative estimate of drug-likeness (QED) is 0.700. The zero-order valence-corrected chi connectivity index (χ0v) is 14.2. The summed E-state index contributed by atoms with van der Waals surface area (Å²) in [6.07, 6.45) is 3.96. The van der Waals surface area contributed by atoms with Crippen molar-refractivity contribution in [2.24, 2.45) is 0 Å². The smallest absolute Gasteiger partial charge is 0.410 e. The van der Waals surface area contributed by atoms with Gasteiger partial charge in [0.15, 0.2) is 0 Å². The predicted molar refractivity (Wildman–Crippen MR) is 95.2 cm³/mol. The predicted octanol–water partition coefficient (Wildman–Crippen LogP) is 5.65. The van der Waals surface area contributed by atoms with Gasteiger partial charge in [-0.1, -0.05) is 50.1 Å². The third-order valence-electron chi connectivity index (χ3n) is 4.07. The van der Waals surface area contributed by atoms with Gasteiger partial charge < -0.3 is 4.74 Å². The fourth-order valence-electron chi connectivity index (χ4n) is 2.50. The topological polar surface area (TPSA) is 38.3 Å². The molecule has 2 aromatic rings. The summed E-state index contributed by atoms with van der Waals surface area (Å²) in [7, 11) is 0. The van der Waals surface area contributed by atoms with Crippen molar-refractivity contribution < 1.29 is 9.53 Å². The van der Waals surface area contributed by atoms with Crippen molar-refractivity contribution in [3.63, 3.8) is 0 Å². The van der Waals surface area contributed by atoms with Crippen LogP contribution in [0.5, 0.6) is 5.75 Å². The molecule has 2 rings (SSSR count). The minimum absolute atomic E-state index is 0.443. The van der Waals surface area contributed by atoms with Crippen LogP contribution >= 0.6 is 0 Å². The Balaban J connectivity index is 2.04. The molecule has 0 saturated heterocycles. The van der Waals surface area contributed by atoms with Gasteiger partial charge in [-0.25, -0.2) is 4.79 Å². The van der Waals surface area contributed by atoms with Crippen LogP contribution in [0.3, 0.4) is 0 Å². The van der Waals surface area contributed by atoms with E-state index in [9.17, 15) is 4.79 Å². The van der Waals surface area contributed by atoms with E-state index in [0.717, 1.165) is 35.2 Å². The molecule has 0 heterocycles. The number of para-hydroxylation sites is 1. The summed E-state index contributed by atoms with van der Waals surface area (Å²) < 4.78 is 5.52. The van der Waals surface area contributed by atoms with Crippen LogP contribution in [0.25, 0.3) is 0 Å². The molecule has 0 unspecified atom stereocenters. The van der Waals surface area contributed by atoms with Crippen molar-refractivity contribution >= 4 is 11.8 Å². The fraction of sp³-hybridized carbons (Fsp3) is 0.350. The summed E-state index contributed by atoms with van der Waals surface area (Å²) in [5.74, 6) is 0.645. The van der Waals surface area contributed by atoms with Crippen molar-refractivity contribution in [2.75, 3.05) is 5.32 Å². The van der Waals surface area contributed by atoms with Crippen LogP contribution in [-0.2, 0) is 6.42 Å². The first-order valence-electron chi connectivity index (χ1n) is 8.24. The number of anilines is 1. The van der Waals surface area contributed by atoms with Crippen LogP contribution in [0.1, 0.15) is 42.9 Å². The number of carbonyl (C=O) groups excluding carboxylic acids is 1. The number of amides is 1. The second kappa shape index (κ2) is 8.37. The van der Waals surface area contributed by atoms with E-state index in [1.165, 1.54) is 12.8 Å². The van der Waals surface area contributed by atoms with Crippen molar-refractivity contribution in [3.05, 3.63) is 59.2 Å². The average Bonchev–Trinajstić information content (AvgIpc) is 2.54. The van der Waals surface area contributed by atoms with Gasteiger partial charge in [-0.3, -0.25) is 5.32 Å². The van der Waals surface area contributed by atoms with E-state index in [1.807, 2.05) is 56.3 Å². The number of hydrogen-bond acceptors (Lipinski definition) is 2. The van der Waals surface area contributed by atoms with Gasteiger partial charge in [0.25, 0.3) is 0 Å². The number of rotatable bonds is 6. The average molecular weight is 311 g/mol. The maximum atomic E-state index is 12.2. The van der Waals surface area contributed by atoms with E-state index < -0.39 is 6.09 Å². The maximum absolute atomic E-state index is 12.2. The third kappa shape index (κ3) is 4.85. The highest BCUT2D eigenvalue weighted by molar-refractivity contribution is 5.87. The number of unbranched alkanes of at least 4 members (excludes halogenated alkanes) is 2. The summed E-state index contributed by atoms with van der Waals surface area (Å²) in [6.45, 7) is 6.19. The first-order chi connectivity index (χ1) is 11.1. The number of nitrogens with one attached hydrogen (secondary N) is 1. The molecule has 3 nitrogen and oxygen atoms in total. The second-order valence-corrected chi connectivity index (χ2v) is 5.83. The van der Waals surface area contributed by atoms with E-state index in [4.69, 9.17) is 4.74 Å². The Morgan fingerprint density at radius 2 is 1.83 bits per heavy atom. The molecular formula is C20H25NO2.